The average molecular weight is 2000 g/mol. The Balaban J connectivity index is -0.00000203. The standard InChI is InChI=1S/C48H100N2O4.C38H80N2O4.C37H78N2O3/c1-5-9-13-17-21-25-29-33-37-45(51)41-49(42-46(52)38-34-30-26-22-18-14-10-6-2)50(43-47(53)39-35-31-27-23-19-15-11-7-3)44-48(54)40-36-32-28-24-20-16-12-8-4;1-4-7-10-13-16-19-22-25-28-36(42)33-39(31-32-41)40(34-37(43)29-26-23-20-17-14-11-8-5-2)35-38(44)30-27-24-21-18-15-12-9-6-3;1-5-8-11-14-17-20-23-26-29-35(40)32-38(4)39(33-36(41)30-27-24-21-18-15-12-9-6-2)34-37(42)31-28-25-22-19-16-13-10-7-3/h45-48,51-54H,5-44H2,1-4H3;36-38,41-44H,4-35H2,1-3H3;35-37,40-42H,5-34H2,1-4H3. The Morgan fingerprint density at radius 1 is 0.129 bits per heavy atom. The minimum Gasteiger partial charge on any atom is -0.395 e. The number of hydrogen-bond acceptors (Lipinski definition) is 17. The molecule has 0 aromatic heterocycles. The van der Waals surface area contributed by atoms with E-state index in [9.17, 15) is 56.2 Å². The van der Waals surface area contributed by atoms with E-state index in [-0.39, 0.29) is 12.7 Å². The van der Waals surface area contributed by atoms with Crippen LogP contribution in [0, 0.1) is 0 Å². The molecule has 0 rings (SSSR count). The van der Waals surface area contributed by atoms with Crippen LogP contribution in [0.5, 0.6) is 0 Å². The predicted octanol–water partition coefficient (Wildman–Crippen LogP) is 32.1. The van der Waals surface area contributed by atoms with Gasteiger partial charge in [0.25, 0.3) is 0 Å². The minimum absolute atomic E-state index is 0.0107. The molecule has 140 heavy (non-hydrogen) atoms. The van der Waals surface area contributed by atoms with E-state index in [1.54, 1.807) is 0 Å². The number of hydrogen-bond donors (Lipinski definition) is 11. The number of nitrogens with zero attached hydrogens (tertiary/aromatic N) is 6. The van der Waals surface area contributed by atoms with Crippen LogP contribution in [0.2, 0.25) is 0 Å². The van der Waals surface area contributed by atoms with Crippen molar-refractivity contribution in [2.75, 3.05) is 85.6 Å². The Morgan fingerprint density at radius 2 is 0.229 bits per heavy atom. The van der Waals surface area contributed by atoms with Crippen LogP contribution in [-0.4, -0.2) is 233 Å². The first-order valence-electron chi connectivity index (χ1n) is 63.2. The molecule has 0 radical (unpaired) electrons. The summed E-state index contributed by atoms with van der Waals surface area (Å²) in [5.41, 5.74) is 0. The average Bonchev–Trinajstić information content (AvgIpc) is 0.866. The lowest BCUT2D eigenvalue weighted by Crippen LogP contribution is -2.54. The summed E-state index contributed by atoms with van der Waals surface area (Å²) in [6.07, 6.45) is 103. The van der Waals surface area contributed by atoms with Crippen LogP contribution in [0.4, 0.5) is 0 Å². The number of aliphatic hydroxyl groups excluding tert-OH is 11. The fourth-order valence-corrected chi connectivity index (χ4v) is 20.4. The molecule has 0 fully saturated rings. The Hall–Kier alpha value is -0.680. The van der Waals surface area contributed by atoms with Gasteiger partial charge in [0.05, 0.1) is 67.6 Å². The number of rotatable bonds is 115. The molecule has 10 unspecified atom stereocenters. The fraction of sp³-hybridized carbons (Fsp3) is 1.00. The molecule has 0 amide bonds. The maximum absolute atomic E-state index is 11.3. The third-order valence-corrected chi connectivity index (χ3v) is 29.8. The molecular formula is C123H258N6O11. The normalized spacial score (nSPS) is 14.2. The molecule has 0 bridgehead atoms. The second-order valence-electron chi connectivity index (χ2n) is 44.6. The number of hydrazine groups is 3. The molecule has 0 aliphatic heterocycles. The van der Waals surface area contributed by atoms with Gasteiger partial charge in [-0.05, 0) is 64.2 Å². The van der Waals surface area contributed by atoms with Gasteiger partial charge in [-0.1, -0.05) is 583 Å². The SMILES string of the molecule is CCCCCCCCCCC(O)CN(C)N(CC(O)CCCCCCCCCC)CC(O)CCCCCCCCCC.CCCCCCCCCCC(O)CN(CC(O)CCCCCCCCCC)N(CC(O)CCCCCCCCCC)CC(O)CCCCCCCCCC.CCCCCCCCCCC(O)CN(CCO)N(CC(O)CCCCCCCCCC)CC(O)CCCCCCCCCC. The van der Waals surface area contributed by atoms with Crippen molar-refractivity contribution in [3.63, 3.8) is 0 Å². The molecule has 846 valence electrons. The summed E-state index contributed by atoms with van der Waals surface area (Å²) in [7, 11) is 2.02. The Kier molecular flexibility index (Phi) is 120. The summed E-state index contributed by atoms with van der Waals surface area (Å²) in [6, 6.07) is 0. The van der Waals surface area contributed by atoms with Crippen molar-refractivity contribution in [3.8, 4) is 0 Å². The molecule has 0 aromatic carbocycles. The molecule has 0 aliphatic carbocycles. The lowest BCUT2D eigenvalue weighted by molar-refractivity contribution is -0.111. The highest BCUT2D eigenvalue weighted by Crippen LogP contribution is 2.25. The van der Waals surface area contributed by atoms with Crippen molar-refractivity contribution >= 4 is 0 Å². The summed E-state index contributed by atoms with van der Waals surface area (Å²) >= 11 is 0. The second-order valence-corrected chi connectivity index (χ2v) is 44.6. The lowest BCUT2D eigenvalue weighted by Gasteiger charge is -2.39. The van der Waals surface area contributed by atoms with Gasteiger partial charge >= 0.3 is 0 Å². The number of unbranched alkanes of at least 4 members (excludes halogenated alkanes) is 70. The van der Waals surface area contributed by atoms with Gasteiger partial charge in [0.2, 0.25) is 0 Å². The summed E-state index contributed by atoms with van der Waals surface area (Å²) in [4.78, 5) is 0. The van der Waals surface area contributed by atoms with Crippen molar-refractivity contribution in [3.05, 3.63) is 0 Å². The van der Waals surface area contributed by atoms with E-state index in [4.69, 9.17) is 0 Å². The summed E-state index contributed by atoms with van der Waals surface area (Å²) in [5, 5.41) is 133. The Bertz CT molecular complexity index is 2090. The van der Waals surface area contributed by atoms with Crippen molar-refractivity contribution in [1.29, 1.82) is 0 Å². The molecule has 0 saturated carbocycles. The van der Waals surface area contributed by atoms with Gasteiger partial charge in [-0.15, -0.1) is 0 Å². The van der Waals surface area contributed by atoms with Gasteiger partial charge in [-0.3, -0.25) is 0 Å². The molecule has 17 nitrogen and oxygen atoms in total. The summed E-state index contributed by atoms with van der Waals surface area (Å²) in [6.45, 7) is 27.7. The number of likely N-dealkylation sites (N-methyl/N-ethyl adjacent to an activating group) is 1. The van der Waals surface area contributed by atoms with E-state index < -0.39 is 54.9 Å². The van der Waals surface area contributed by atoms with Crippen molar-refractivity contribution in [1.82, 2.24) is 30.1 Å². The van der Waals surface area contributed by atoms with Gasteiger partial charge in [0, 0.05) is 79.0 Å². The van der Waals surface area contributed by atoms with E-state index in [2.05, 4.69) is 89.3 Å². The zero-order valence-corrected chi connectivity index (χ0v) is 96.5. The van der Waals surface area contributed by atoms with Crippen LogP contribution in [0.25, 0.3) is 0 Å². The fourth-order valence-electron chi connectivity index (χ4n) is 20.4. The van der Waals surface area contributed by atoms with E-state index in [1.807, 2.05) is 17.1 Å². The first kappa shape index (κ1) is 143. The van der Waals surface area contributed by atoms with Crippen LogP contribution in [0.15, 0.2) is 0 Å². The summed E-state index contributed by atoms with van der Waals surface area (Å²) < 4.78 is 0. The van der Waals surface area contributed by atoms with Crippen LogP contribution in [0.1, 0.15) is 647 Å². The van der Waals surface area contributed by atoms with Crippen LogP contribution in [-0.2, 0) is 0 Å². The summed E-state index contributed by atoms with van der Waals surface area (Å²) in [5.74, 6) is 0. The lowest BCUT2D eigenvalue weighted by atomic mass is 10.0. The van der Waals surface area contributed by atoms with Gasteiger partial charge < -0.3 is 56.2 Å². The molecule has 0 saturated heterocycles. The molecule has 17 heteroatoms. The van der Waals surface area contributed by atoms with E-state index in [0.29, 0.717) is 72.0 Å². The third-order valence-electron chi connectivity index (χ3n) is 29.8. The van der Waals surface area contributed by atoms with E-state index in [1.165, 1.54) is 405 Å². The van der Waals surface area contributed by atoms with Crippen molar-refractivity contribution in [2.24, 2.45) is 0 Å². The van der Waals surface area contributed by atoms with Gasteiger partial charge in [0.15, 0.2) is 0 Å². The molecule has 0 aliphatic rings. The van der Waals surface area contributed by atoms with Crippen molar-refractivity contribution in [2.45, 2.75) is 708 Å². The molecule has 0 spiro atoms. The quantitative estimate of drug-likeness (QED) is 0.0200. The minimum atomic E-state index is -0.488. The van der Waals surface area contributed by atoms with Gasteiger partial charge in [-0.25, -0.2) is 30.1 Å². The van der Waals surface area contributed by atoms with Gasteiger partial charge in [-0.2, -0.15) is 0 Å². The van der Waals surface area contributed by atoms with Crippen molar-refractivity contribution < 1.29 is 56.2 Å². The monoisotopic (exact) mass is 2000 g/mol. The Morgan fingerprint density at radius 3 is 0.357 bits per heavy atom. The Labute approximate surface area is 874 Å². The maximum Gasteiger partial charge on any atom is 0.0681 e. The highest BCUT2D eigenvalue weighted by Gasteiger charge is 2.29. The van der Waals surface area contributed by atoms with Crippen LogP contribution in [0.3, 0.4) is 0 Å². The largest absolute Gasteiger partial charge is 0.395 e. The number of aliphatic hydroxyl groups is 11. The first-order chi connectivity index (χ1) is 68.3. The molecule has 11 N–H and O–H groups in total. The molecular weight excluding hydrogens is 1740 g/mol. The van der Waals surface area contributed by atoms with E-state index in [0.717, 1.165) is 173 Å². The molecule has 10 atom stereocenters. The first-order valence-corrected chi connectivity index (χ1v) is 63.2. The predicted molar refractivity (Wildman–Crippen MR) is 610 cm³/mol. The van der Waals surface area contributed by atoms with E-state index >= 15 is 0 Å². The zero-order valence-electron chi connectivity index (χ0n) is 96.5. The molecule has 0 heterocycles. The highest BCUT2D eigenvalue weighted by molar-refractivity contribution is 4.78. The molecule has 0 aromatic rings. The smallest absolute Gasteiger partial charge is 0.0681 e. The van der Waals surface area contributed by atoms with Crippen LogP contribution >= 0.6 is 0 Å². The van der Waals surface area contributed by atoms with Crippen LogP contribution < -0.4 is 0 Å². The maximum atomic E-state index is 11.3. The third kappa shape index (κ3) is 107. The van der Waals surface area contributed by atoms with Gasteiger partial charge in [0.1, 0.15) is 0 Å². The second kappa shape index (κ2) is 117. The zero-order chi connectivity index (χ0) is 103. The topological polar surface area (TPSA) is 242 Å². The highest BCUT2D eigenvalue weighted by atomic mass is 16.3.